The lowest BCUT2D eigenvalue weighted by molar-refractivity contribution is 0.0963. The lowest BCUT2D eigenvalue weighted by Gasteiger charge is -2.38. The highest BCUT2D eigenvalue weighted by atomic mass is 19.1. The van der Waals surface area contributed by atoms with E-state index in [4.69, 9.17) is 4.52 Å². The SMILES string of the molecule is Cc1cc(CN2CCN([C@@H](C)c3ccc(F)cc3)CC2)no1. The monoisotopic (exact) mass is 303 g/mol. The molecule has 0 bridgehead atoms. The average Bonchev–Trinajstić information content (AvgIpc) is 2.93. The van der Waals surface area contributed by atoms with Crippen molar-refractivity contribution in [1.82, 2.24) is 15.0 Å². The second kappa shape index (κ2) is 6.58. The van der Waals surface area contributed by atoms with Crippen LogP contribution in [0.15, 0.2) is 34.9 Å². The third kappa shape index (κ3) is 3.54. The molecule has 1 atom stereocenters. The molecule has 4 nitrogen and oxygen atoms in total. The van der Waals surface area contributed by atoms with Crippen LogP contribution < -0.4 is 0 Å². The molecule has 0 N–H and O–H groups in total. The minimum absolute atomic E-state index is 0.177. The number of halogens is 1. The highest BCUT2D eigenvalue weighted by Crippen LogP contribution is 2.22. The van der Waals surface area contributed by atoms with Crippen LogP contribution in [0.2, 0.25) is 0 Å². The first kappa shape index (κ1) is 15.2. The van der Waals surface area contributed by atoms with Crippen molar-refractivity contribution in [2.75, 3.05) is 26.2 Å². The standard InChI is InChI=1S/C17H22FN3O/c1-13-11-17(19-22-13)12-20-7-9-21(10-8-20)14(2)15-3-5-16(18)6-4-15/h3-6,11,14H,7-10,12H2,1-2H3/t14-/m0/s1. The van der Waals surface area contributed by atoms with E-state index < -0.39 is 0 Å². The minimum atomic E-state index is -0.177. The first-order valence-corrected chi connectivity index (χ1v) is 7.76. The predicted molar refractivity (Wildman–Crippen MR) is 82.9 cm³/mol. The Bertz CT molecular complexity index is 603. The maximum Gasteiger partial charge on any atom is 0.133 e. The molecular formula is C17H22FN3O. The van der Waals surface area contributed by atoms with Crippen LogP contribution in [0.25, 0.3) is 0 Å². The summed E-state index contributed by atoms with van der Waals surface area (Å²) in [6.07, 6.45) is 0. The van der Waals surface area contributed by atoms with Gasteiger partial charge in [-0.15, -0.1) is 0 Å². The van der Waals surface area contributed by atoms with Gasteiger partial charge < -0.3 is 4.52 Å². The van der Waals surface area contributed by atoms with Crippen LogP contribution in [-0.4, -0.2) is 41.1 Å². The summed E-state index contributed by atoms with van der Waals surface area (Å²) in [5.41, 5.74) is 2.17. The molecule has 1 aliphatic rings. The van der Waals surface area contributed by atoms with Crippen LogP contribution in [-0.2, 0) is 6.54 Å². The highest BCUT2D eigenvalue weighted by molar-refractivity contribution is 5.19. The van der Waals surface area contributed by atoms with Gasteiger partial charge >= 0.3 is 0 Å². The summed E-state index contributed by atoms with van der Waals surface area (Å²) in [5.74, 6) is 0.683. The number of hydrogen-bond donors (Lipinski definition) is 0. The number of benzene rings is 1. The van der Waals surface area contributed by atoms with E-state index in [1.165, 1.54) is 17.7 Å². The Kier molecular flexibility index (Phi) is 4.55. The van der Waals surface area contributed by atoms with Crippen LogP contribution in [0.4, 0.5) is 4.39 Å². The van der Waals surface area contributed by atoms with Crippen molar-refractivity contribution in [3.63, 3.8) is 0 Å². The quantitative estimate of drug-likeness (QED) is 0.869. The fourth-order valence-electron chi connectivity index (χ4n) is 2.98. The number of aryl methyl sites for hydroxylation is 1. The summed E-state index contributed by atoms with van der Waals surface area (Å²) >= 11 is 0. The molecule has 22 heavy (non-hydrogen) atoms. The molecular weight excluding hydrogens is 281 g/mol. The van der Waals surface area contributed by atoms with E-state index in [-0.39, 0.29) is 5.82 Å². The topological polar surface area (TPSA) is 32.5 Å². The molecule has 5 heteroatoms. The van der Waals surface area contributed by atoms with Gasteiger partial charge in [-0.25, -0.2) is 4.39 Å². The molecule has 1 aromatic carbocycles. The van der Waals surface area contributed by atoms with Crippen LogP contribution in [0, 0.1) is 12.7 Å². The maximum absolute atomic E-state index is 13.0. The first-order valence-electron chi connectivity index (χ1n) is 7.76. The van der Waals surface area contributed by atoms with Crippen LogP contribution in [0.1, 0.15) is 30.0 Å². The molecule has 0 unspecified atom stereocenters. The summed E-state index contributed by atoms with van der Waals surface area (Å²) in [4.78, 5) is 4.84. The molecule has 2 heterocycles. The smallest absolute Gasteiger partial charge is 0.133 e. The Morgan fingerprint density at radius 1 is 1.18 bits per heavy atom. The zero-order valence-electron chi connectivity index (χ0n) is 13.1. The molecule has 0 spiro atoms. The van der Waals surface area contributed by atoms with E-state index in [0.717, 1.165) is 44.2 Å². The van der Waals surface area contributed by atoms with Gasteiger partial charge in [0, 0.05) is 44.8 Å². The molecule has 1 saturated heterocycles. The van der Waals surface area contributed by atoms with E-state index in [9.17, 15) is 4.39 Å². The lowest BCUT2D eigenvalue weighted by Crippen LogP contribution is -2.46. The van der Waals surface area contributed by atoms with Gasteiger partial charge in [-0.2, -0.15) is 0 Å². The number of rotatable bonds is 4. The summed E-state index contributed by atoms with van der Waals surface area (Å²) in [5, 5.41) is 4.05. The third-order valence-electron chi connectivity index (χ3n) is 4.37. The summed E-state index contributed by atoms with van der Waals surface area (Å²) in [6.45, 7) is 8.98. The Labute approximate surface area is 130 Å². The predicted octanol–water partition coefficient (Wildman–Crippen LogP) is 3.00. The fraction of sp³-hybridized carbons (Fsp3) is 0.471. The Hall–Kier alpha value is -1.72. The summed E-state index contributed by atoms with van der Waals surface area (Å²) in [6, 6.07) is 9.14. The molecule has 1 aromatic heterocycles. The molecule has 0 aliphatic carbocycles. The van der Waals surface area contributed by atoms with Crippen LogP contribution >= 0.6 is 0 Å². The Morgan fingerprint density at radius 2 is 1.86 bits per heavy atom. The molecule has 1 aliphatic heterocycles. The van der Waals surface area contributed by atoms with Gasteiger partial charge in [0.05, 0.1) is 5.69 Å². The first-order chi connectivity index (χ1) is 10.6. The maximum atomic E-state index is 13.0. The van der Waals surface area contributed by atoms with Crippen molar-refractivity contribution in [2.45, 2.75) is 26.4 Å². The molecule has 118 valence electrons. The summed E-state index contributed by atoms with van der Waals surface area (Å²) < 4.78 is 18.1. The number of nitrogens with zero attached hydrogens (tertiary/aromatic N) is 3. The minimum Gasteiger partial charge on any atom is -0.361 e. The van der Waals surface area contributed by atoms with Crippen molar-refractivity contribution in [1.29, 1.82) is 0 Å². The fourth-order valence-corrected chi connectivity index (χ4v) is 2.98. The van der Waals surface area contributed by atoms with E-state index >= 15 is 0 Å². The van der Waals surface area contributed by atoms with Crippen molar-refractivity contribution in [3.05, 3.63) is 53.2 Å². The van der Waals surface area contributed by atoms with E-state index in [1.807, 2.05) is 25.1 Å². The Morgan fingerprint density at radius 3 is 2.45 bits per heavy atom. The van der Waals surface area contributed by atoms with Gasteiger partial charge in [-0.3, -0.25) is 9.80 Å². The molecule has 0 saturated carbocycles. The van der Waals surface area contributed by atoms with E-state index in [2.05, 4.69) is 21.9 Å². The van der Waals surface area contributed by atoms with Crippen molar-refractivity contribution in [3.8, 4) is 0 Å². The van der Waals surface area contributed by atoms with Gasteiger partial charge in [-0.1, -0.05) is 17.3 Å². The summed E-state index contributed by atoms with van der Waals surface area (Å²) in [7, 11) is 0. The molecule has 2 aromatic rings. The number of piperazine rings is 1. The zero-order valence-corrected chi connectivity index (χ0v) is 13.1. The zero-order chi connectivity index (χ0) is 15.5. The van der Waals surface area contributed by atoms with Crippen molar-refractivity contribution in [2.24, 2.45) is 0 Å². The van der Waals surface area contributed by atoms with Gasteiger partial charge in [0.2, 0.25) is 0 Å². The van der Waals surface area contributed by atoms with E-state index in [1.54, 1.807) is 0 Å². The average molecular weight is 303 g/mol. The molecule has 0 amide bonds. The largest absolute Gasteiger partial charge is 0.361 e. The van der Waals surface area contributed by atoms with Gasteiger partial charge in [-0.05, 0) is 31.5 Å². The number of hydrogen-bond acceptors (Lipinski definition) is 4. The lowest BCUT2D eigenvalue weighted by atomic mass is 10.1. The molecule has 0 radical (unpaired) electrons. The van der Waals surface area contributed by atoms with E-state index in [0.29, 0.717) is 6.04 Å². The van der Waals surface area contributed by atoms with Crippen LogP contribution in [0.5, 0.6) is 0 Å². The molecule has 3 rings (SSSR count). The highest BCUT2D eigenvalue weighted by Gasteiger charge is 2.22. The van der Waals surface area contributed by atoms with Gasteiger partial charge in [0.25, 0.3) is 0 Å². The second-order valence-corrected chi connectivity index (χ2v) is 5.97. The van der Waals surface area contributed by atoms with Gasteiger partial charge in [0.15, 0.2) is 0 Å². The second-order valence-electron chi connectivity index (χ2n) is 5.97. The van der Waals surface area contributed by atoms with Crippen molar-refractivity contribution < 1.29 is 8.91 Å². The number of aromatic nitrogens is 1. The normalized spacial score (nSPS) is 18.5. The van der Waals surface area contributed by atoms with Gasteiger partial charge in [0.1, 0.15) is 11.6 Å². The van der Waals surface area contributed by atoms with Crippen LogP contribution in [0.3, 0.4) is 0 Å². The molecule has 1 fully saturated rings. The Balaban J connectivity index is 1.53. The third-order valence-corrected chi connectivity index (χ3v) is 4.37. The van der Waals surface area contributed by atoms with Crippen molar-refractivity contribution >= 4 is 0 Å².